The number of benzene rings is 1. The predicted octanol–water partition coefficient (Wildman–Crippen LogP) is 2.84. The fourth-order valence-corrected chi connectivity index (χ4v) is 2.71. The molecule has 22 heavy (non-hydrogen) atoms. The van der Waals surface area contributed by atoms with Crippen molar-refractivity contribution >= 4 is 11.6 Å². The van der Waals surface area contributed by atoms with Gasteiger partial charge in [0.25, 0.3) is 5.91 Å². The van der Waals surface area contributed by atoms with E-state index in [0.29, 0.717) is 11.4 Å². The summed E-state index contributed by atoms with van der Waals surface area (Å²) in [7, 11) is 3.00. The first-order valence-corrected chi connectivity index (χ1v) is 7.23. The number of carbonyl (C=O) groups is 1. The van der Waals surface area contributed by atoms with Crippen molar-refractivity contribution in [3.63, 3.8) is 0 Å². The minimum absolute atomic E-state index is 0.245. The number of nitrogens with zero attached hydrogens (tertiary/aromatic N) is 1. The normalized spacial score (nSPS) is 12.6. The number of methoxy groups -OCH3 is 2. The molecule has 114 valence electrons. The molecule has 2 aromatic rings. The van der Waals surface area contributed by atoms with E-state index < -0.39 is 0 Å². The number of amides is 1. The number of rotatable bonds is 4. The number of hydrogen-bond acceptors (Lipinski definition) is 4. The molecule has 0 saturated carbocycles. The third-order valence-electron chi connectivity index (χ3n) is 3.84. The summed E-state index contributed by atoms with van der Waals surface area (Å²) in [5.74, 6) is 0.411. The van der Waals surface area contributed by atoms with Crippen LogP contribution >= 0.6 is 0 Å². The van der Waals surface area contributed by atoms with Crippen molar-refractivity contribution in [1.82, 2.24) is 4.98 Å². The van der Waals surface area contributed by atoms with Crippen molar-refractivity contribution in [2.24, 2.45) is 0 Å². The Bertz CT molecular complexity index is 713. The van der Waals surface area contributed by atoms with Crippen LogP contribution in [0.15, 0.2) is 30.3 Å². The average molecular weight is 298 g/mol. The summed E-state index contributed by atoms with van der Waals surface area (Å²) in [6.07, 6.45) is 3.38. The number of aromatic nitrogens is 1. The van der Waals surface area contributed by atoms with Crippen LogP contribution in [-0.4, -0.2) is 25.1 Å². The topological polar surface area (TPSA) is 60.5 Å². The zero-order valence-corrected chi connectivity index (χ0v) is 12.7. The highest BCUT2D eigenvalue weighted by Crippen LogP contribution is 2.26. The summed E-state index contributed by atoms with van der Waals surface area (Å²) in [4.78, 5) is 16.5. The summed E-state index contributed by atoms with van der Waals surface area (Å²) < 4.78 is 10.2. The van der Waals surface area contributed by atoms with Crippen molar-refractivity contribution in [2.45, 2.75) is 19.3 Å². The molecular weight excluding hydrogens is 280 g/mol. The van der Waals surface area contributed by atoms with Crippen LogP contribution in [0.5, 0.6) is 11.8 Å². The van der Waals surface area contributed by atoms with E-state index in [0.717, 1.165) is 18.5 Å². The molecule has 0 aliphatic heterocycles. The maximum absolute atomic E-state index is 12.4. The standard InChI is InChI=1S/C17H18N2O3/c1-21-15-9-8-14(17(19-15)22-2)16(20)18-13-7-6-11-4-3-5-12(11)10-13/h6-10H,3-5H2,1-2H3,(H,18,20). The van der Waals surface area contributed by atoms with E-state index in [1.807, 2.05) is 12.1 Å². The van der Waals surface area contributed by atoms with Gasteiger partial charge in [0.1, 0.15) is 5.56 Å². The lowest BCUT2D eigenvalue weighted by atomic mass is 10.1. The second kappa shape index (κ2) is 6.05. The van der Waals surface area contributed by atoms with Crippen LogP contribution in [0.25, 0.3) is 0 Å². The zero-order valence-electron chi connectivity index (χ0n) is 12.7. The fraction of sp³-hybridized carbons (Fsp3) is 0.294. The molecule has 1 N–H and O–H groups in total. The average Bonchev–Trinajstić information content (AvgIpc) is 3.01. The summed E-state index contributed by atoms with van der Waals surface area (Å²) in [6, 6.07) is 9.35. The van der Waals surface area contributed by atoms with Gasteiger partial charge in [-0.2, -0.15) is 4.98 Å². The van der Waals surface area contributed by atoms with Gasteiger partial charge in [0.05, 0.1) is 14.2 Å². The predicted molar refractivity (Wildman–Crippen MR) is 83.8 cm³/mol. The van der Waals surface area contributed by atoms with Gasteiger partial charge in [-0.05, 0) is 48.6 Å². The molecule has 1 aromatic carbocycles. The third kappa shape index (κ3) is 2.74. The molecule has 1 heterocycles. The van der Waals surface area contributed by atoms with Gasteiger partial charge in [0, 0.05) is 11.8 Å². The minimum atomic E-state index is -0.245. The van der Waals surface area contributed by atoms with Gasteiger partial charge in [-0.25, -0.2) is 0 Å². The van der Waals surface area contributed by atoms with Crippen molar-refractivity contribution in [2.75, 3.05) is 19.5 Å². The van der Waals surface area contributed by atoms with Crippen molar-refractivity contribution in [1.29, 1.82) is 0 Å². The Labute approximate surface area is 129 Å². The first-order valence-electron chi connectivity index (χ1n) is 7.23. The molecule has 1 amide bonds. The number of aryl methyl sites for hydroxylation is 2. The Morgan fingerprint density at radius 2 is 1.91 bits per heavy atom. The van der Waals surface area contributed by atoms with E-state index in [1.54, 1.807) is 12.1 Å². The Morgan fingerprint density at radius 1 is 1.09 bits per heavy atom. The molecule has 5 nitrogen and oxygen atoms in total. The quantitative estimate of drug-likeness (QED) is 0.943. The summed E-state index contributed by atoms with van der Waals surface area (Å²) in [5.41, 5.74) is 3.87. The summed E-state index contributed by atoms with van der Waals surface area (Å²) in [5, 5.41) is 2.90. The Balaban J connectivity index is 1.82. The van der Waals surface area contributed by atoms with Gasteiger partial charge in [-0.15, -0.1) is 0 Å². The second-order valence-electron chi connectivity index (χ2n) is 5.20. The zero-order chi connectivity index (χ0) is 15.5. The fourth-order valence-electron chi connectivity index (χ4n) is 2.71. The number of pyridine rings is 1. The molecule has 1 aliphatic carbocycles. The van der Waals surface area contributed by atoms with Crippen molar-refractivity contribution < 1.29 is 14.3 Å². The highest BCUT2D eigenvalue weighted by atomic mass is 16.5. The lowest BCUT2D eigenvalue weighted by molar-refractivity contribution is 0.102. The summed E-state index contributed by atoms with van der Waals surface area (Å²) in [6.45, 7) is 0. The number of nitrogens with one attached hydrogen (secondary N) is 1. The van der Waals surface area contributed by atoms with Crippen LogP contribution in [0.1, 0.15) is 27.9 Å². The maximum Gasteiger partial charge on any atom is 0.261 e. The molecule has 0 unspecified atom stereocenters. The lowest BCUT2D eigenvalue weighted by Crippen LogP contribution is -2.14. The monoisotopic (exact) mass is 298 g/mol. The molecule has 5 heteroatoms. The SMILES string of the molecule is COc1ccc(C(=O)Nc2ccc3c(c2)CCC3)c(OC)n1. The Kier molecular flexibility index (Phi) is 3.96. The molecule has 0 bridgehead atoms. The van der Waals surface area contributed by atoms with Gasteiger partial charge >= 0.3 is 0 Å². The van der Waals surface area contributed by atoms with Crippen LogP contribution in [0.4, 0.5) is 5.69 Å². The molecule has 0 saturated heterocycles. The molecule has 0 spiro atoms. The van der Waals surface area contributed by atoms with Crippen LogP contribution in [0, 0.1) is 0 Å². The molecule has 3 rings (SSSR count). The molecule has 1 aliphatic rings. The molecule has 0 radical (unpaired) electrons. The lowest BCUT2D eigenvalue weighted by Gasteiger charge is -2.10. The number of ether oxygens (including phenoxy) is 2. The largest absolute Gasteiger partial charge is 0.481 e. The van der Waals surface area contributed by atoms with E-state index in [4.69, 9.17) is 9.47 Å². The van der Waals surface area contributed by atoms with Crippen LogP contribution < -0.4 is 14.8 Å². The molecular formula is C17H18N2O3. The van der Waals surface area contributed by atoms with Crippen LogP contribution in [0.2, 0.25) is 0 Å². The van der Waals surface area contributed by atoms with E-state index in [1.165, 1.54) is 31.8 Å². The van der Waals surface area contributed by atoms with E-state index in [9.17, 15) is 4.79 Å². The van der Waals surface area contributed by atoms with Gasteiger partial charge in [-0.3, -0.25) is 4.79 Å². The summed E-state index contributed by atoms with van der Waals surface area (Å²) >= 11 is 0. The van der Waals surface area contributed by atoms with Gasteiger partial charge in [0.2, 0.25) is 11.8 Å². The third-order valence-corrected chi connectivity index (χ3v) is 3.84. The van der Waals surface area contributed by atoms with Gasteiger partial charge in [-0.1, -0.05) is 6.07 Å². The number of anilines is 1. The number of hydrogen-bond donors (Lipinski definition) is 1. The first-order chi connectivity index (χ1) is 10.7. The van der Waals surface area contributed by atoms with Crippen molar-refractivity contribution in [3.05, 3.63) is 47.0 Å². The van der Waals surface area contributed by atoms with E-state index >= 15 is 0 Å². The molecule has 0 atom stereocenters. The van der Waals surface area contributed by atoms with E-state index in [-0.39, 0.29) is 11.8 Å². The molecule has 0 fully saturated rings. The highest BCUT2D eigenvalue weighted by molar-refractivity contribution is 6.05. The van der Waals surface area contributed by atoms with Crippen LogP contribution in [0.3, 0.4) is 0 Å². The number of fused-ring (bicyclic) bond motifs is 1. The van der Waals surface area contributed by atoms with Crippen LogP contribution in [-0.2, 0) is 12.8 Å². The van der Waals surface area contributed by atoms with E-state index in [2.05, 4.69) is 16.4 Å². The minimum Gasteiger partial charge on any atom is -0.481 e. The Hall–Kier alpha value is -2.56. The van der Waals surface area contributed by atoms with Crippen molar-refractivity contribution in [3.8, 4) is 11.8 Å². The van der Waals surface area contributed by atoms with Gasteiger partial charge < -0.3 is 14.8 Å². The smallest absolute Gasteiger partial charge is 0.261 e. The maximum atomic E-state index is 12.4. The Morgan fingerprint density at radius 3 is 2.68 bits per heavy atom. The molecule has 1 aromatic heterocycles. The second-order valence-corrected chi connectivity index (χ2v) is 5.20. The first kappa shape index (κ1) is 14.4. The van der Waals surface area contributed by atoms with Gasteiger partial charge in [0.15, 0.2) is 0 Å². The highest BCUT2D eigenvalue weighted by Gasteiger charge is 2.16. The number of carbonyl (C=O) groups excluding carboxylic acids is 1.